The second kappa shape index (κ2) is 7.92. The van der Waals surface area contributed by atoms with Gasteiger partial charge in [0.25, 0.3) is 0 Å². The van der Waals surface area contributed by atoms with Gasteiger partial charge < -0.3 is 4.43 Å². The number of para-hydroxylation sites is 1. The highest BCUT2D eigenvalue weighted by atomic mass is 35.5. The Hall–Kier alpha value is -1.32. The largest absolute Gasteiger partial charge is 0.543 e. The van der Waals surface area contributed by atoms with Crippen LogP contribution in [0.2, 0.25) is 18.1 Å². The molecule has 1 nitrogen and oxygen atoms in total. The van der Waals surface area contributed by atoms with E-state index >= 15 is 0 Å². The summed E-state index contributed by atoms with van der Waals surface area (Å²) in [6.07, 6.45) is 1.59. The van der Waals surface area contributed by atoms with Crippen LogP contribution < -0.4 is 4.43 Å². The number of halogens is 2. The average Bonchev–Trinajstić information content (AvgIpc) is 2.53. The summed E-state index contributed by atoms with van der Waals surface area (Å²) >= 11 is 6.70. The van der Waals surface area contributed by atoms with Crippen LogP contribution in [-0.2, 0) is 6.42 Å². The fourth-order valence-corrected chi connectivity index (χ4v) is 3.69. The summed E-state index contributed by atoms with van der Waals surface area (Å²) in [6, 6.07) is 14.7. The van der Waals surface area contributed by atoms with Gasteiger partial charge in [-0.15, -0.1) is 11.6 Å². The van der Waals surface area contributed by atoms with Crippen molar-refractivity contribution >= 4 is 19.9 Å². The predicted molar refractivity (Wildman–Crippen MR) is 108 cm³/mol. The SMILES string of the molecule is CC(C)(C)[Si](C)(C)Oc1ccccc1C(Cl)CCc1ccc(F)cc1. The monoisotopic (exact) mass is 378 g/mol. The van der Waals surface area contributed by atoms with Crippen molar-refractivity contribution in [3.8, 4) is 5.75 Å². The lowest BCUT2D eigenvalue weighted by atomic mass is 10.0. The molecule has 136 valence electrons. The van der Waals surface area contributed by atoms with Crippen molar-refractivity contribution in [2.24, 2.45) is 0 Å². The van der Waals surface area contributed by atoms with Crippen LogP contribution in [0.4, 0.5) is 4.39 Å². The van der Waals surface area contributed by atoms with Crippen LogP contribution in [0, 0.1) is 5.82 Å². The Morgan fingerprint density at radius 1 is 1.04 bits per heavy atom. The van der Waals surface area contributed by atoms with Crippen LogP contribution in [0.25, 0.3) is 0 Å². The summed E-state index contributed by atoms with van der Waals surface area (Å²) in [7, 11) is -1.92. The van der Waals surface area contributed by atoms with E-state index in [0.717, 1.165) is 29.7 Å². The van der Waals surface area contributed by atoms with E-state index in [-0.39, 0.29) is 16.2 Å². The highest BCUT2D eigenvalue weighted by molar-refractivity contribution is 6.74. The molecule has 1 atom stereocenters. The first-order chi connectivity index (χ1) is 11.6. The van der Waals surface area contributed by atoms with Crippen molar-refractivity contribution in [2.45, 2.75) is 57.1 Å². The summed E-state index contributed by atoms with van der Waals surface area (Å²) in [5.41, 5.74) is 2.13. The molecule has 25 heavy (non-hydrogen) atoms. The number of hydrogen-bond acceptors (Lipinski definition) is 1. The third-order valence-corrected chi connectivity index (χ3v) is 9.82. The molecule has 2 rings (SSSR count). The van der Waals surface area contributed by atoms with Gasteiger partial charge in [0.05, 0.1) is 5.38 Å². The van der Waals surface area contributed by atoms with Gasteiger partial charge in [0.1, 0.15) is 11.6 Å². The normalized spacial score (nSPS) is 13.6. The van der Waals surface area contributed by atoms with Gasteiger partial charge in [-0.05, 0) is 54.7 Å². The maximum absolute atomic E-state index is 13.0. The molecule has 4 heteroatoms. The average molecular weight is 379 g/mol. The van der Waals surface area contributed by atoms with Crippen LogP contribution in [-0.4, -0.2) is 8.32 Å². The zero-order chi connectivity index (χ0) is 18.7. The molecular formula is C21H28ClFOSi. The summed E-state index contributed by atoms with van der Waals surface area (Å²) in [6.45, 7) is 11.2. The summed E-state index contributed by atoms with van der Waals surface area (Å²) in [5, 5.41) is 0.00164. The lowest BCUT2D eigenvalue weighted by Gasteiger charge is -2.37. The number of benzene rings is 2. The topological polar surface area (TPSA) is 9.23 Å². The summed E-state index contributed by atoms with van der Waals surface area (Å²) < 4.78 is 19.5. The predicted octanol–water partition coefficient (Wildman–Crippen LogP) is 7.12. The first kappa shape index (κ1) is 20.0. The molecule has 0 saturated heterocycles. The van der Waals surface area contributed by atoms with E-state index in [2.05, 4.69) is 33.9 Å². The highest BCUT2D eigenvalue weighted by Crippen LogP contribution is 2.40. The van der Waals surface area contributed by atoms with E-state index in [1.165, 1.54) is 12.1 Å². The number of hydrogen-bond donors (Lipinski definition) is 0. The molecule has 0 radical (unpaired) electrons. The third kappa shape index (κ3) is 5.32. The molecular weight excluding hydrogens is 351 g/mol. The smallest absolute Gasteiger partial charge is 0.250 e. The van der Waals surface area contributed by atoms with E-state index in [9.17, 15) is 4.39 Å². The Balaban J connectivity index is 2.12. The molecule has 0 amide bonds. The molecule has 2 aromatic carbocycles. The molecule has 0 aliphatic carbocycles. The van der Waals surface area contributed by atoms with E-state index in [0.29, 0.717) is 0 Å². The Bertz CT molecular complexity index is 692. The number of rotatable bonds is 6. The minimum Gasteiger partial charge on any atom is -0.543 e. The zero-order valence-corrected chi connectivity index (χ0v) is 17.5. The molecule has 0 N–H and O–H groups in total. The lowest BCUT2D eigenvalue weighted by molar-refractivity contribution is 0.485. The fourth-order valence-electron chi connectivity index (χ4n) is 2.36. The van der Waals surface area contributed by atoms with Crippen LogP contribution in [0.1, 0.15) is 43.7 Å². The van der Waals surface area contributed by atoms with Crippen molar-refractivity contribution in [1.82, 2.24) is 0 Å². The van der Waals surface area contributed by atoms with Crippen molar-refractivity contribution in [2.75, 3.05) is 0 Å². The molecule has 0 aromatic heterocycles. The van der Waals surface area contributed by atoms with Crippen LogP contribution in [0.3, 0.4) is 0 Å². The quantitative estimate of drug-likeness (QED) is 0.384. The molecule has 0 spiro atoms. The van der Waals surface area contributed by atoms with E-state index in [1.54, 1.807) is 0 Å². The van der Waals surface area contributed by atoms with Gasteiger partial charge in [-0.2, -0.15) is 0 Å². The lowest BCUT2D eigenvalue weighted by Crippen LogP contribution is -2.44. The molecule has 0 saturated carbocycles. The van der Waals surface area contributed by atoms with Crippen LogP contribution >= 0.6 is 11.6 Å². The standard InChI is InChI=1S/C21H28ClFOSi/c1-21(2,3)25(4,5)24-20-9-7-6-8-18(20)19(22)15-12-16-10-13-17(23)14-11-16/h6-11,13-14,19H,12,15H2,1-5H3. The van der Waals surface area contributed by atoms with Crippen molar-refractivity contribution in [3.63, 3.8) is 0 Å². The van der Waals surface area contributed by atoms with Gasteiger partial charge >= 0.3 is 0 Å². The number of alkyl halides is 1. The van der Waals surface area contributed by atoms with Crippen molar-refractivity contribution < 1.29 is 8.82 Å². The Kier molecular flexibility index (Phi) is 6.34. The second-order valence-electron chi connectivity index (χ2n) is 8.03. The Morgan fingerprint density at radius 2 is 1.64 bits per heavy atom. The van der Waals surface area contributed by atoms with Gasteiger partial charge in [-0.1, -0.05) is 51.1 Å². The van der Waals surface area contributed by atoms with Crippen molar-refractivity contribution in [1.29, 1.82) is 0 Å². The molecule has 0 fully saturated rings. The second-order valence-corrected chi connectivity index (χ2v) is 13.3. The molecule has 0 aliphatic heterocycles. The van der Waals surface area contributed by atoms with Gasteiger partial charge in [-0.3, -0.25) is 0 Å². The minimum atomic E-state index is -1.92. The van der Waals surface area contributed by atoms with Gasteiger partial charge in [0, 0.05) is 5.56 Å². The fraction of sp³-hybridized carbons (Fsp3) is 0.429. The summed E-state index contributed by atoms with van der Waals surface area (Å²) in [5.74, 6) is 0.687. The zero-order valence-electron chi connectivity index (χ0n) is 15.8. The maximum Gasteiger partial charge on any atom is 0.250 e. The summed E-state index contributed by atoms with van der Waals surface area (Å²) in [4.78, 5) is 0. The van der Waals surface area contributed by atoms with Gasteiger partial charge in [-0.25, -0.2) is 4.39 Å². The Labute approximate surface area is 157 Å². The van der Waals surface area contributed by atoms with Gasteiger partial charge in [0.2, 0.25) is 8.32 Å². The highest BCUT2D eigenvalue weighted by Gasteiger charge is 2.39. The minimum absolute atomic E-state index is 0.133. The molecule has 0 aliphatic rings. The first-order valence-electron chi connectivity index (χ1n) is 8.76. The van der Waals surface area contributed by atoms with E-state index < -0.39 is 8.32 Å². The van der Waals surface area contributed by atoms with Crippen molar-refractivity contribution in [3.05, 3.63) is 65.5 Å². The molecule has 2 aromatic rings. The van der Waals surface area contributed by atoms with Crippen LogP contribution in [0.5, 0.6) is 5.75 Å². The molecule has 0 heterocycles. The molecule has 0 bridgehead atoms. The Morgan fingerprint density at radius 3 is 2.24 bits per heavy atom. The van der Waals surface area contributed by atoms with Gasteiger partial charge in [0.15, 0.2) is 0 Å². The van der Waals surface area contributed by atoms with Crippen LogP contribution in [0.15, 0.2) is 48.5 Å². The molecule has 1 unspecified atom stereocenters. The number of aryl methyl sites for hydroxylation is 1. The third-order valence-electron chi connectivity index (χ3n) is 5.03. The van der Waals surface area contributed by atoms with E-state index in [4.69, 9.17) is 16.0 Å². The first-order valence-corrected chi connectivity index (χ1v) is 12.1. The maximum atomic E-state index is 13.0. The van der Waals surface area contributed by atoms with E-state index in [1.807, 2.05) is 36.4 Å².